The zero-order chi connectivity index (χ0) is 22.6. The Morgan fingerprint density at radius 2 is 1.55 bits per heavy atom. The van der Waals surface area contributed by atoms with Gasteiger partial charge in [0.05, 0.1) is 11.4 Å². The summed E-state index contributed by atoms with van der Waals surface area (Å²) in [5.74, 6) is -3.09. The van der Waals surface area contributed by atoms with Gasteiger partial charge >= 0.3 is 0 Å². The third kappa shape index (κ3) is 5.85. The molecule has 1 amide bonds. The molecule has 0 aliphatic heterocycles. The first-order valence-electron chi connectivity index (χ1n) is 8.48. The largest absolute Gasteiger partial charge is 0.325 e. The van der Waals surface area contributed by atoms with Crippen LogP contribution in [0.15, 0.2) is 69.1 Å². The summed E-state index contributed by atoms with van der Waals surface area (Å²) in [4.78, 5) is 11.5. The zero-order valence-corrected chi connectivity index (χ0v) is 18.0. The number of benzene rings is 2. The molecule has 0 aliphatic carbocycles. The summed E-state index contributed by atoms with van der Waals surface area (Å²) in [7, 11) is -7.94. The normalized spacial score (nSPS) is 11.8. The third-order valence-electron chi connectivity index (χ3n) is 3.80. The van der Waals surface area contributed by atoms with E-state index in [1.54, 1.807) is 11.4 Å². The van der Waals surface area contributed by atoms with Crippen LogP contribution in [0.4, 0.5) is 20.2 Å². The number of hydrogen-bond acceptors (Lipinski definition) is 6. The Balaban J connectivity index is 1.59. The van der Waals surface area contributed by atoms with Gasteiger partial charge in [-0.2, -0.15) is 0 Å². The molecule has 31 heavy (non-hydrogen) atoms. The second-order valence-corrected chi connectivity index (χ2v) is 10.7. The number of anilines is 2. The summed E-state index contributed by atoms with van der Waals surface area (Å²) in [6.45, 7) is -0.495. The average Bonchev–Trinajstić information content (AvgIpc) is 3.26. The van der Waals surface area contributed by atoms with E-state index in [2.05, 4.69) is 14.8 Å². The number of rotatable bonds is 8. The lowest BCUT2D eigenvalue weighted by atomic mass is 10.3. The van der Waals surface area contributed by atoms with Crippen molar-refractivity contribution in [2.24, 2.45) is 0 Å². The molecule has 8 nitrogen and oxygen atoms in total. The second-order valence-electron chi connectivity index (χ2n) is 6.06. The maximum Gasteiger partial charge on any atom is 0.261 e. The van der Waals surface area contributed by atoms with Gasteiger partial charge in [0.25, 0.3) is 20.0 Å². The average molecular weight is 488 g/mol. The van der Waals surface area contributed by atoms with Crippen LogP contribution >= 0.6 is 11.3 Å². The van der Waals surface area contributed by atoms with Gasteiger partial charge in [-0.1, -0.05) is 6.07 Å². The lowest BCUT2D eigenvalue weighted by molar-refractivity contribution is -0.115. The topological polar surface area (TPSA) is 121 Å². The number of hydrogen-bond donors (Lipinski definition) is 3. The number of halogens is 2. The molecule has 2 aromatic carbocycles. The van der Waals surface area contributed by atoms with Crippen LogP contribution < -0.4 is 14.8 Å². The van der Waals surface area contributed by atoms with E-state index in [-0.39, 0.29) is 15.6 Å². The lowest BCUT2D eigenvalue weighted by Crippen LogP contribution is -2.32. The highest BCUT2D eigenvalue weighted by molar-refractivity contribution is 7.92. The number of amides is 1. The molecular weight excluding hydrogens is 472 g/mol. The smallest absolute Gasteiger partial charge is 0.261 e. The molecule has 0 atom stereocenters. The fourth-order valence-corrected chi connectivity index (χ4v) is 5.42. The summed E-state index contributed by atoms with van der Waals surface area (Å²) in [6, 6.07) is 10.6. The van der Waals surface area contributed by atoms with Gasteiger partial charge in [0.2, 0.25) is 5.91 Å². The third-order valence-corrected chi connectivity index (χ3v) is 7.98. The maximum absolute atomic E-state index is 13.3. The fourth-order valence-electron chi connectivity index (χ4n) is 2.33. The van der Waals surface area contributed by atoms with Crippen molar-refractivity contribution in [1.82, 2.24) is 4.72 Å². The zero-order valence-electron chi connectivity index (χ0n) is 15.5. The molecule has 0 radical (unpaired) electrons. The number of sulfonamides is 2. The molecule has 0 spiro atoms. The molecule has 0 saturated heterocycles. The van der Waals surface area contributed by atoms with E-state index in [4.69, 9.17) is 0 Å². The lowest BCUT2D eigenvalue weighted by Gasteiger charge is -2.10. The van der Waals surface area contributed by atoms with Crippen molar-refractivity contribution >= 4 is 48.7 Å². The Kier molecular flexibility index (Phi) is 6.69. The molecule has 0 fully saturated rings. The summed E-state index contributed by atoms with van der Waals surface area (Å²) in [6.07, 6.45) is 0. The molecule has 0 bridgehead atoms. The summed E-state index contributed by atoms with van der Waals surface area (Å²) in [5.41, 5.74) is 0.400. The first-order valence-corrected chi connectivity index (χ1v) is 12.3. The summed E-state index contributed by atoms with van der Waals surface area (Å²) in [5, 5.41) is 4.06. The van der Waals surface area contributed by atoms with Gasteiger partial charge in [0.1, 0.15) is 4.21 Å². The van der Waals surface area contributed by atoms with Gasteiger partial charge in [0.15, 0.2) is 11.6 Å². The first-order chi connectivity index (χ1) is 14.6. The molecule has 3 rings (SSSR count). The molecule has 3 N–H and O–H groups in total. The number of nitrogens with one attached hydrogen (secondary N) is 3. The van der Waals surface area contributed by atoms with Gasteiger partial charge in [-0.25, -0.2) is 30.3 Å². The van der Waals surface area contributed by atoms with E-state index in [1.807, 2.05) is 0 Å². The van der Waals surface area contributed by atoms with Gasteiger partial charge in [0, 0.05) is 11.4 Å². The van der Waals surface area contributed by atoms with E-state index in [9.17, 15) is 30.4 Å². The van der Waals surface area contributed by atoms with Crippen molar-refractivity contribution < 1.29 is 30.4 Å². The second kappa shape index (κ2) is 9.09. The van der Waals surface area contributed by atoms with Crippen LogP contribution in [0.3, 0.4) is 0 Å². The monoisotopic (exact) mass is 487 g/mol. The van der Waals surface area contributed by atoms with Crippen molar-refractivity contribution in [2.75, 3.05) is 16.6 Å². The molecule has 0 aliphatic rings. The van der Waals surface area contributed by atoms with Gasteiger partial charge < -0.3 is 5.32 Å². The summed E-state index contributed by atoms with van der Waals surface area (Å²) >= 11 is 1.01. The Hall–Kier alpha value is -2.87. The SMILES string of the molecule is O=C(CNS(=O)(=O)c1cccs1)Nc1ccc(NS(=O)(=O)c2ccc(F)c(F)c2)cc1. The van der Waals surface area contributed by atoms with Crippen LogP contribution in [-0.4, -0.2) is 29.3 Å². The van der Waals surface area contributed by atoms with Crippen molar-refractivity contribution in [3.05, 3.63) is 71.6 Å². The van der Waals surface area contributed by atoms with E-state index in [0.29, 0.717) is 12.1 Å². The van der Waals surface area contributed by atoms with Crippen molar-refractivity contribution in [1.29, 1.82) is 0 Å². The molecule has 0 unspecified atom stereocenters. The van der Waals surface area contributed by atoms with E-state index in [0.717, 1.165) is 17.4 Å². The van der Waals surface area contributed by atoms with E-state index < -0.39 is 49.0 Å². The van der Waals surface area contributed by atoms with Crippen molar-refractivity contribution in [3.63, 3.8) is 0 Å². The maximum atomic E-state index is 13.3. The highest BCUT2D eigenvalue weighted by Gasteiger charge is 2.18. The predicted octanol–water partition coefficient (Wildman–Crippen LogP) is 2.74. The number of carbonyl (C=O) groups is 1. The highest BCUT2D eigenvalue weighted by atomic mass is 32.2. The van der Waals surface area contributed by atoms with Crippen molar-refractivity contribution in [3.8, 4) is 0 Å². The fraction of sp³-hybridized carbons (Fsp3) is 0.0556. The van der Waals surface area contributed by atoms with Crippen LogP contribution in [0.1, 0.15) is 0 Å². The molecule has 3 aromatic rings. The van der Waals surface area contributed by atoms with E-state index >= 15 is 0 Å². The number of carbonyl (C=O) groups excluding carboxylic acids is 1. The van der Waals surface area contributed by atoms with Crippen molar-refractivity contribution in [2.45, 2.75) is 9.10 Å². The van der Waals surface area contributed by atoms with Crippen LogP contribution in [0.5, 0.6) is 0 Å². The highest BCUT2D eigenvalue weighted by Crippen LogP contribution is 2.20. The van der Waals surface area contributed by atoms with E-state index in [1.165, 1.54) is 30.3 Å². The summed E-state index contributed by atoms with van der Waals surface area (Å²) < 4.78 is 79.3. The van der Waals surface area contributed by atoms with Gasteiger partial charge in [-0.05, 0) is 53.9 Å². The molecule has 0 saturated carbocycles. The van der Waals surface area contributed by atoms with Crippen LogP contribution in [0.2, 0.25) is 0 Å². The Morgan fingerprint density at radius 1 is 0.871 bits per heavy atom. The van der Waals surface area contributed by atoms with Crippen LogP contribution in [0.25, 0.3) is 0 Å². The molecular formula is C18H15F2N3O5S3. The van der Waals surface area contributed by atoms with Gasteiger partial charge in [-0.3, -0.25) is 9.52 Å². The minimum absolute atomic E-state index is 0.0815. The molecule has 1 aromatic heterocycles. The first kappa shape index (κ1) is 22.8. The molecule has 164 valence electrons. The standard InChI is InChI=1S/C18H15F2N3O5S3/c19-15-8-7-14(10-16(15)20)30(25,26)23-13-5-3-12(4-6-13)22-17(24)11-21-31(27,28)18-2-1-9-29-18/h1-10,21,23H,11H2,(H,22,24). The van der Waals surface area contributed by atoms with Crippen LogP contribution in [0, 0.1) is 11.6 Å². The molecule has 1 heterocycles. The van der Waals surface area contributed by atoms with Crippen LogP contribution in [-0.2, 0) is 24.8 Å². The minimum atomic E-state index is -4.15. The predicted molar refractivity (Wildman–Crippen MR) is 112 cm³/mol. The van der Waals surface area contributed by atoms with Gasteiger partial charge in [-0.15, -0.1) is 11.3 Å². The Morgan fingerprint density at radius 3 is 2.16 bits per heavy atom. The quantitative estimate of drug-likeness (QED) is 0.451. The molecule has 13 heteroatoms. The number of thiophene rings is 1. The Labute approximate surface area is 181 Å². The minimum Gasteiger partial charge on any atom is -0.325 e. The Bertz CT molecular complexity index is 1290.